The Hall–Kier alpha value is -3.78. The average molecular weight is 444 g/mol. The number of rotatable bonds is 6. The number of hydrogen-bond donors (Lipinski definition) is 3. The summed E-state index contributed by atoms with van der Waals surface area (Å²) in [4.78, 5) is 12.3. The third-order valence-electron chi connectivity index (χ3n) is 4.69. The van der Waals surface area contributed by atoms with Crippen LogP contribution in [0.25, 0.3) is 0 Å². The fourth-order valence-electron chi connectivity index (χ4n) is 2.99. The summed E-state index contributed by atoms with van der Waals surface area (Å²) in [6.07, 6.45) is -2.98. The van der Waals surface area contributed by atoms with Gasteiger partial charge in [-0.25, -0.2) is 0 Å². The topological polar surface area (TPSA) is 124 Å². The van der Waals surface area contributed by atoms with Crippen molar-refractivity contribution in [1.82, 2.24) is 10.2 Å². The number of anilines is 2. The number of benzene rings is 1. The van der Waals surface area contributed by atoms with E-state index in [0.717, 1.165) is 6.08 Å². The highest BCUT2D eigenvalue weighted by Gasteiger charge is 2.35. The number of ether oxygens (including phenoxy) is 1. The van der Waals surface area contributed by atoms with Crippen LogP contribution in [0.15, 0.2) is 48.2 Å². The van der Waals surface area contributed by atoms with Gasteiger partial charge in [0.25, 0.3) is 5.91 Å². The lowest BCUT2D eigenvalue weighted by atomic mass is 9.94. The molecule has 8 nitrogen and oxygen atoms in total. The minimum atomic E-state index is -4.72. The van der Waals surface area contributed by atoms with Crippen LogP contribution < -0.4 is 10.6 Å². The van der Waals surface area contributed by atoms with Crippen molar-refractivity contribution >= 4 is 23.3 Å². The van der Waals surface area contributed by atoms with Crippen LogP contribution in [-0.4, -0.2) is 41.2 Å². The normalized spacial score (nSPS) is 15.0. The molecule has 1 amide bonds. The fourth-order valence-corrected chi connectivity index (χ4v) is 2.99. The molecule has 1 aromatic carbocycles. The number of aromatic nitrogens is 2. The summed E-state index contributed by atoms with van der Waals surface area (Å²) in [7, 11) is 0. The molecule has 0 spiro atoms. The maximum atomic E-state index is 13.5. The van der Waals surface area contributed by atoms with Crippen LogP contribution >= 0.6 is 0 Å². The molecule has 0 radical (unpaired) electrons. The fraction of sp³-hybridized carbons (Fsp3) is 0.286. The Balaban J connectivity index is 1.69. The van der Waals surface area contributed by atoms with Crippen LogP contribution in [0, 0.1) is 22.7 Å². The van der Waals surface area contributed by atoms with Crippen molar-refractivity contribution in [3.05, 3.63) is 59.3 Å². The van der Waals surface area contributed by atoms with Crippen LogP contribution in [0.4, 0.5) is 24.8 Å². The Morgan fingerprint density at radius 1 is 1.16 bits per heavy atom. The second-order valence-electron chi connectivity index (χ2n) is 6.97. The summed E-state index contributed by atoms with van der Waals surface area (Å²) in [5, 5.41) is 28.9. The van der Waals surface area contributed by atoms with Gasteiger partial charge in [0.1, 0.15) is 5.70 Å². The number of amides is 1. The molecular weight excluding hydrogens is 425 g/mol. The van der Waals surface area contributed by atoms with Crippen molar-refractivity contribution in [3.8, 4) is 6.07 Å². The lowest BCUT2D eigenvalue weighted by molar-refractivity contribution is -0.0902. The number of nitrogens with one attached hydrogen (secondary N) is 3. The number of carbonyl (C=O) groups excluding carboxylic acids is 1. The van der Waals surface area contributed by atoms with Crippen molar-refractivity contribution in [2.45, 2.75) is 19.0 Å². The van der Waals surface area contributed by atoms with Crippen molar-refractivity contribution in [2.24, 2.45) is 5.92 Å². The molecule has 1 aliphatic heterocycles. The van der Waals surface area contributed by atoms with Gasteiger partial charge in [0.2, 0.25) is 0 Å². The monoisotopic (exact) mass is 444 g/mol. The summed E-state index contributed by atoms with van der Waals surface area (Å²) < 4.78 is 45.5. The highest BCUT2D eigenvalue weighted by Crippen LogP contribution is 2.28. The lowest BCUT2D eigenvalue weighted by Crippen LogP contribution is -2.25. The molecule has 3 N–H and O–H groups in total. The molecule has 0 bridgehead atoms. The summed E-state index contributed by atoms with van der Waals surface area (Å²) in [5.41, 5.74) is -0.735. The van der Waals surface area contributed by atoms with Gasteiger partial charge < -0.3 is 20.8 Å². The summed E-state index contributed by atoms with van der Waals surface area (Å²) in [6, 6.07) is 10.4. The quantitative estimate of drug-likeness (QED) is 0.581. The maximum Gasteiger partial charge on any atom is 0.431 e. The molecule has 2 aromatic rings. The summed E-state index contributed by atoms with van der Waals surface area (Å²) >= 11 is 0. The number of hydrogen-bond acceptors (Lipinski definition) is 7. The Labute approximate surface area is 181 Å². The Bertz CT molecular complexity index is 1050. The molecular formula is C21H19F3N6O2. The van der Waals surface area contributed by atoms with Gasteiger partial charge >= 0.3 is 6.18 Å². The molecule has 1 aromatic heterocycles. The van der Waals surface area contributed by atoms with E-state index in [1.165, 1.54) is 24.3 Å². The van der Waals surface area contributed by atoms with Crippen LogP contribution in [0.1, 0.15) is 28.8 Å². The molecule has 1 fully saturated rings. The van der Waals surface area contributed by atoms with E-state index in [4.69, 9.17) is 15.4 Å². The van der Waals surface area contributed by atoms with Crippen molar-refractivity contribution in [1.29, 1.82) is 10.7 Å². The molecule has 1 aliphatic rings. The van der Waals surface area contributed by atoms with Crippen LogP contribution in [0.3, 0.4) is 0 Å². The molecule has 0 unspecified atom stereocenters. The average Bonchev–Trinajstić information content (AvgIpc) is 2.79. The largest absolute Gasteiger partial charge is 0.431 e. The van der Waals surface area contributed by atoms with E-state index in [1.54, 1.807) is 12.1 Å². The molecule has 0 aliphatic carbocycles. The number of allylic oxidation sites excluding steroid dienone is 2. The first-order valence-electron chi connectivity index (χ1n) is 9.63. The number of nitriles is 1. The van der Waals surface area contributed by atoms with Crippen LogP contribution in [0.2, 0.25) is 0 Å². The number of halogens is 3. The molecule has 32 heavy (non-hydrogen) atoms. The van der Waals surface area contributed by atoms with Crippen LogP contribution in [-0.2, 0) is 4.74 Å². The SMILES string of the molecule is N#Cc1cccc(C(=O)Nc2ccc(N/C(=C\C(=N)C3CCOCC3)C(F)(F)F)nn2)c1. The number of nitrogens with zero attached hydrogens (tertiary/aromatic N) is 3. The van der Waals surface area contributed by atoms with Crippen molar-refractivity contribution in [3.63, 3.8) is 0 Å². The van der Waals surface area contributed by atoms with Gasteiger partial charge in [-0.15, -0.1) is 10.2 Å². The third kappa shape index (κ3) is 6.12. The maximum absolute atomic E-state index is 13.5. The van der Waals surface area contributed by atoms with Gasteiger partial charge in [-0.1, -0.05) is 6.07 Å². The highest BCUT2D eigenvalue weighted by molar-refractivity contribution is 6.04. The Morgan fingerprint density at radius 2 is 1.81 bits per heavy atom. The predicted molar refractivity (Wildman–Crippen MR) is 110 cm³/mol. The Kier molecular flexibility index (Phi) is 7.17. The zero-order valence-corrected chi connectivity index (χ0v) is 16.7. The molecule has 166 valence electrons. The van der Waals surface area contributed by atoms with E-state index in [0.29, 0.717) is 31.6 Å². The second kappa shape index (κ2) is 10.0. The number of alkyl halides is 3. The zero-order valence-electron chi connectivity index (χ0n) is 16.7. The lowest BCUT2D eigenvalue weighted by Gasteiger charge is -2.22. The van der Waals surface area contributed by atoms with Gasteiger partial charge in [0, 0.05) is 30.4 Å². The van der Waals surface area contributed by atoms with E-state index < -0.39 is 17.8 Å². The molecule has 3 rings (SSSR count). The Morgan fingerprint density at radius 3 is 2.41 bits per heavy atom. The molecule has 0 atom stereocenters. The molecule has 1 saturated heterocycles. The van der Waals surface area contributed by atoms with E-state index >= 15 is 0 Å². The van der Waals surface area contributed by atoms with Gasteiger partial charge in [-0.2, -0.15) is 18.4 Å². The zero-order chi connectivity index (χ0) is 23.1. The van der Waals surface area contributed by atoms with E-state index in [-0.39, 0.29) is 28.8 Å². The van der Waals surface area contributed by atoms with Gasteiger partial charge in [0.05, 0.1) is 11.6 Å². The first kappa shape index (κ1) is 22.9. The smallest absolute Gasteiger partial charge is 0.381 e. The number of carbonyl (C=O) groups is 1. The molecule has 2 heterocycles. The van der Waals surface area contributed by atoms with Gasteiger partial charge in [-0.05, 0) is 49.2 Å². The van der Waals surface area contributed by atoms with Crippen molar-refractivity contribution < 1.29 is 22.7 Å². The van der Waals surface area contributed by atoms with E-state index in [9.17, 15) is 18.0 Å². The van der Waals surface area contributed by atoms with E-state index in [1.807, 2.05) is 6.07 Å². The third-order valence-corrected chi connectivity index (χ3v) is 4.69. The van der Waals surface area contributed by atoms with Gasteiger partial charge in [-0.3, -0.25) is 4.79 Å². The summed E-state index contributed by atoms with van der Waals surface area (Å²) in [5.74, 6) is -1.02. The van der Waals surface area contributed by atoms with Crippen LogP contribution in [0.5, 0.6) is 0 Å². The highest BCUT2D eigenvalue weighted by atomic mass is 19.4. The summed E-state index contributed by atoms with van der Waals surface area (Å²) in [6.45, 7) is 0.824. The van der Waals surface area contributed by atoms with E-state index in [2.05, 4.69) is 20.8 Å². The predicted octanol–water partition coefficient (Wildman–Crippen LogP) is 3.91. The van der Waals surface area contributed by atoms with Crippen molar-refractivity contribution in [2.75, 3.05) is 23.8 Å². The minimum Gasteiger partial charge on any atom is -0.381 e. The molecule has 0 saturated carbocycles. The second-order valence-corrected chi connectivity index (χ2v) is 6.97. The standard InChI is InChI=1S/C21H19F3N6O2/c22-21(23,24)17(11-16(26)14-6-8-32-9-7-14)27-18-4-5-19(30-29-18)28-20(31)15-3-1-2-13(10-15)12-25/h1-5,10-11,14,26H,6-9H2,(H,27,29)(H,28,30,31)/b17-11-,26-16?. The minimum absolute atomic E-state index is 0.0235. The van der Waals surface area contributed by atoms with Gasteiger partial charge in [0.15, 0.2) is 11.6 Å². The first-order valence-corrected chi connectivity index (χ1v) is 9.63. The molecule has 11 heteroatoms. The first-order chi connectivity index (χ1) is 15.3.